The SMILES string of the molecule is CC1=CCN(Cc2ccoc2CNC(C)C)CC1. The summed E-state index contributed by atoms with van der Waals surface area (Å²) in [5.41, 5.74) is 2.83. The molecule has 0 aromatic carbocycles. The van der Waals surface area contributed by atoms with E-state index < -0.39 is 0 Å². The van der Waals surface area contributed by atoms with Crippen LogP contribution >= 0.6 is 0 Å². The van der Waals surface area contributed by atoms with E-state index in [9.17, 15) is 0 Å². The maximum absolute atomic E-state index is 5.57. The van der Waals surface area contributed by atoms with Crippen LogP contribution in [0.2, 0.25) is 0 Å². The lowest BCUT2D eigenvalue weighted by molar-refractivity contribution is 0.282. The summed E-state index contributed by atoms with van der Waals surface area (Å²) < 4.78 is 5.57. The van der Waals surface area contributed by atoms with Crippen molar-refractivity contribution in [3.63, 3.8) is 0 Å². The van der Waals surface area contributed by atoms with Crippen LogP contribution in [0.25, 0.3) is 0 Å². The first-order valence-electron chi connectivity index (χ1n) is 6.82. The molecule has 1 aliphatic heterocycles. The minimum Gasteiger partial charge on any atom is -0.468 e. The van der Waals surface area contributed by atoms with Gasteiger partial charge in [0.25, 0.3) is 0 Å². The van der Waals surface area contributed by atoms with E-state index in [2.05, 4.69) is 43.1 Å². The molecule has 1 aliphatic rings. The molecule has 100 valence electrons. The van der Waals surface area contributed by atoms with Gasteiger partial charge < -0.3 is 9.73 Å². The fourth-order valence-corrected chi connectivity index (χ4v) is 2.16. The molecule has 0 bridgehead atoms. The van der Waals surface area contributed by atoms with Crippen molar-refractivity contribution in [1.82, 2.24) is 10.2 Å². The van der Waals surface area contributed by atoms with Gasteiger partial charge >= 0.3 is 0 Å². The molecule has 0 amide bonds. The van der Waals surface area contributed by atoms with Crippen LogP contribution in [0.3, 0.4) is 0 Å². The molecule has 1 aromatic rings. The Morgan fingerprint density at radius 3 is 2.94 bits per heavy atom. The molecule has 1 aromatic heterocycles. The molecule has 0 saturated carbocycles. The second-order valence-corrected chi connectivity index (χ2v) is 5.44. The van der Waals surface area contributed by atoms with Gasteiger partial charge in [0.2, 0.25) is 0 Å². The Bertz CT molecular complexity index is 406. The standard InChI is InChI=1S/C15H24N2O/c1-12(2)16-10-15-14(6-9-18-15)11-17-7-4-13(3)5-8-17/h4,6,9,12,16H,5,7-8,10-11H2,1-3H3. The van der Waals surface area contributed by atoms with Crippen LogP contribution in [0, 0.1) is 0 Å². The summed E-state index contributed by atoms with van der Waals surface area (Å²) in [6.07, 6.45) is 5.32. The van der Waals surface area contributed by atoms with Gasteiger partial charge in [-0.2, -0.15) is 0 Å². The van der Waals surface area contributed by atoms with Gasteiger partial charge in [-0.05, 0) is 19.4 Å². The van der Waals surface area contributed by atoms with Gasteiger partial charge in [-0.15, -0.1) is 0 Å². The van der Waals surface area contributed by atoms with Gasteiger partial charge in [0, 0.05) is 31.2 Å². The quantitative estimate of drug-likeness (QED) is 0.812. The fraction of sp³-hybridized carbons (Fsp3) is 0.600. The Kier molecular flexibility index (Phi) is 4.61. The average Bonchev–Trinajstić information content (AvgIpc) is 2.77. The van der Waals surface area contributed by atoms with E-state index in [1.807, 2.05) is 0 Å². The Labute approximate surface area is 110 Å². The molecule has 2 heterocycles. The number of rotatable bonds is 5. The second-order valence-electron chi connectivity index (χ2n) is 5.44. The molecule has 18 heavy (non-hydrogen) atoms. The van der Waals surface area contributed by atoms with Crippen LogP contribution in [-0.2, 0) is 13.1 Å². The zero-order valence-electron chi connectivity index (χ0n) is 11.7. The van der Waals surface area contributed by atoms with Crippen molar-refractivity contribution in [2.45, 2.75) is 46.3 Å². The first kappa shape index (κ1) is 13.4. The van der Waals surface area contributed by atoms with Crippen molar-refractivity contribution >= 4 is 0 Å². The van der Waals surface area contributed by atoms with E-state index in [1.54, 1.807) is 6.26 Å². The summed E-state index contributed by atoms with van der Waals surface area (Å²) in [5, 5.41) is 3.41. The van der Waals surface area contributed by atoms with Crippen molar-refractivity contribution in [2.24, 2.45) is 0 Å². The molecule has 1 N–H and O–H groups in total. The summed E-state index contributed by atoms with van der Waals surface area (Å²) >= 11 is 0. The summed E-state index contributed by atoms with van der Waals surface area (Å²) in [6, 6.07) is 2.59. The molecule has 0 saturated heterocycles. The van der Waals surface area contributed by atoms with Crippen molar-refractivity contribution in [2.75, 3.05) is 13.1 Å². The molecular weight excluding hydrogens is 224 g/mol. The first-order valence-corrected chi connectivity index (χ1v) is 6.82. The molecule has 0 unspecified atom stereocenters. The Morgan fingerprint density at radius 1 is 1.44 bits per heavy atom. The van der Waals surface area contributed by atoms with Crippen LogP contribution in [0.1, 0.15) is 38.5 Å². The number of nitrogens with one attached hydrogen (secondary N) is 1. The van der Waals surface area contributed by atoms with E-state index in [-0.39, 0.29) is 0 Å². The smallest absolute Gasteiger partial charge is 0.122 e. The third-order valence-corrected chi connectivity index (χ3v) is 3.42. The third-order valence-electron chi connectivity index (χ3n) is 3.42. The minimum atomic E-state index is 0.489. The molecule has 3 nitrogen and oxygen atoms in total. The lowest BCUT2D eigenvalue weighted by Gasteiger charge is -2.25. The van der Waals surface area contributed by atoms with Gasteiger partial charge in [-0.1, -0.05) is 25.5 Å². The lowest BCUT2D eigenvalue weighted by Crippen LogP contribution is -2.28. The van der Waals surface area contributed by atoms with Crippen LogP contribution in [-0.4, -0.2) is 24.0 Å². The summed E-state index contributed by atoms with van der Waals surface area (Å²) in [7, 11) is 0. The van der Waals surface area contributed by atoms with Crippen LogP contribution < -0.4 is 5.32 Å². The van der Waals surface area contributed by atoms with Crippen LogP contribution in [0.15, 0.2) is 28.4 Å². The third kappa shape index (κ3) is 3.72. The molecule has 0 aliphatic carbocycles. The summed E-state index contributed by atoms with van der Waals surface area (Å²) in [5.74, 6) is 1.08. The molecule has 0 spiro atoms. The molecule has 3 heteroatoms. The number of furan rings is 1. The van der Waals surface area contributed by atoms with E-state index in [0.717, 1.165) is 31.9 Å². The monoisotopic (exact) mass is 248 g/mol. The molecule has 0 fully saturated rings. The normalized spacial score (nSPS) is 17.2. The molecular formula is C15H24N2O. The van der Waals surface area contributed by atoms with Gasteiger partial charge in [0.1, 0.15) is 5.76 Å². The van der Waals surface area contributed by atoms with Gasteiger partial charge in [-0.3, -0.25) is 4.90 Å². The van der Waals surface area contributed by atoms with Crippen molar-refractivity contribution in [1.29, 1.82) is 0 Å². The highest BCUT2D eigenvalue weighted by molar-refractivity contribution is 5.17. The first-order chi connectivity index (χ1) is 8.65. The Morgan fingerprint density at radius 2 is 2.28 bits per heavy atom. The largest absolute Gasteiger partial charge is 0.468 e. The second kappa shape index (κ2) is 6.21. The van der Waals surface area contributed by atoms with Gasteiger partial charge in [0.15, 0.2) is 0 Å². The minimum absolute atomic E-state index is 0.489. The highest BCUT2D eigenvalue weighted by Crippen LogP contribution is 2.17. The lowest BCUT2D eigenvalue weighted by atomic mass is 10.1. The maximum atomic E-state index is 5.57. The van der Waals surface area contributed by atoms with E-state index in [4.69, 9.17) is 4.42 Å². The summed E-state index contributed by atoms with van der Waals surface area (Å²) in [6.45, 7) is 10.6. The molecule has 2 rings (SSSR count). The topological polar surface area (TPSA) is 28.4 Å². The Balaban J connectivity index is 1.91. The average molecular weight is 248 g/mol. The number of hydrogen-bond donors (Lipinski definition) is 1. The molecule has 0 radical (unpaired) electrons. The summed E-state index contributed by atoms with van der Waals surface area (Å²) in [4.78, 5) is 2.47. The van der Waals surface area contributed by atoms with E-state index >= 15 is 0 Å². The van der Waals surface area contributed by atoms with E-state index in [0.29, 0.717) is 6.04 Å². The number of nitrogens with zero attached hydrogens (tertiary/aromatic N) is 1. The van der Waals surface area contributed by atoms with E-state index in [1.165, 1.54) is 17.6 Å². The Hall–Kier alpha value is -1.06. The maximum Gasteiger partial charge on any atom is 0.122 e. The van der Waals surface area contributed by atoms with Crippen molar-refractivity contribution < 1.29 is 4.42 Å². The highest BCUT2D eigenvalue weighted by Gasteiger charge is 2.13. The fourth-order valence-electron chi connectivity index (χ4n) is 2.16. The highest BCUT2D eigenvalue weighted by atomic mass is 16.3. The van der Waals surface area contributed by atoms with Crippen molar-refractivity contribution in [3.05, 3.63) is 35.3 Å². The van der Waals surface area contributed by atoms with Gasteiger partial charge in [-0.25, -0.2) is 0 Å². The van der Waals surface area contributed by atoms with Crippen LogP contribution in [0.4, 0.5) is 0 Å². The van der Waals surface area contributed by atoms with Crippen molar-refractivity contribution in [3.8, 4) is 0 Å². The van der Waals surface area contributed by atoms with Gasteiger partial charge in [0.05, 0.1) is 12.8 Å². The zero-order valence-corrected chi connectivity index (χ0v) is 11.7. The molecule has 0 atom stereocenters. The predicted octanol–water partition coefficient (Wildman–Crippen LogP) is 2.93. The van der Waals surface area contributed by atoms with Crippen LogP contribution in [0.5, 0.6) is 0 Å². The zero-order chi connectivity index (χ0) is 13.0. The predicted molar refractivity (Wildman–Crippen MR) is 74.3 cm³/mol. The number of hydrogen-bond acceptors (Lipinski definition) is 3.